The summed E-state index contributed by atoms with van der Waals surface area (Å²) < 4.78 is 25.7. The number of hydrogen-bond acceptors (Lipinski definition) is 4. The Kier molecular flexibility index (Phi) is 6.77. The van der Waals surface area contributed by atoms with Crippen LogP contribution in [-0.2, 0) is 14.8 Å². The Morgan fingerprint density at radius 3 is 2.46 bits per heavy atom. The molecule has 1 unspecified atom stereocenters. The molecular formula is C17H27N3O3S. The lowest BCUT2D eigenvalue weighted by atomic mass is 9.97. The van der Waals surface area contributed by atoms with Gasteiger partial charge in [0, 0.05) is 25.7 Å². The van der Waals surface area contributed by atoms with Gasteiger partial charge in [0.1, 0.15) is 0 Å². The second kappa shape index (κ2) is 8.60. The highest BCUT2D eigenvalue weighted by Gasteiger charge is 2.29. The first kappa shape index (κ1) is 18.9. The fraction of sp³-hybridized carbons (Fsp3) is 0.588. The van der Waals surface area contributed by atoms with Crippen LogP contribution in [0.1, 0.15) is 37.7 Å². The summed E-state index contributed by atoms with van der Waals surface area (Å²) in [6.45, 7) is 3.04. The number of benzene rings is 1. The number of amides is 1. The van der Waals surface area contributed by atoms with E-state index in [9.17, 15) is 13.2 Å². The lowest BCUT2D eigenvalue weighted by Crippen LogP contribution is -2.48. The molecule has 0 spiro atoms. The molecule has 1 heterocycles. The summed E-state index contributed by atoms with van der Waals surface area (Å²) in [5, 5.41) is 3.03. The number of nitrogens with two attached hydrogens (primary N) is 1. The van der Waals surface area contributed by atoms with Crippen molar-refractivity contribution in [2.75, 3.05) is 25.4 Å². The first-order valence-electron chi connectivity index (χ1n) is 8.51. The van der Waals surface area contributed by atoms with Crippen LogP contribution in [0.2, 0.25) is 0 Å². The molecule has 0 aliphatic carbocycles. The molecule has 6 nitrogen and oxygen atoms in total. The van der Waals surface area contributed by atoms with Gasteiger partial charge in [-0.3, -0.25) is 4.79 Å². The molecule has 7 heteroatoms. The van der Waals surface area contributed by atoms with E-state index in [-0.39, 0.29) is 30.2 Å². The van der Waals surface area contributed by atoms with Gasteiger partial charge in [-0.1, -0.05) is 37.3 Å². The number of sulfonamides is 1. The van der Waals surface area contributed by atoms with E-state index in [0.717, 1.165) is 5.56 Å². The second-order valence-electron chi connectivity index (χ2n) is 6.20. The quantitative estimate of drug-likeness (QED) is 0.766. The zero-order chi connectivity index (χ0) is 17.6. The van der Waals surface area contributed by atoms with E-state index < -0.39 is 10.0 Å². The highest BCUT2D eigenvalue weighted by atomic mass is 32.2. The molecule has 0 saturated carbocycles. The van der Waals surface area contributed by atoms with Crippen LogP contribution < -0.4 is 11.1 Å². The maximum atomic E-state index is 12.5. The third kappa shape index (κ3) is 4.78. The minimum absolute atomic E-state index is 0.00309. The van der Waals surface area contributed by atoms with Crippen LogP contribution in [0, 0.1) is 0 Å². The normalized spacial score (nSPS) is 18.2. The van der Waals surface area contributed by atoms with Gasteiger partial charge in [0.2, 0.25) is 15.9 Å². The maximum absolute atomic E-state index is 12.5. The number of nitrogens with zero attached hydrogens (tertiary/aromatic N) is 1. The van der Waals surface area contributed by atoms with E-state index in [2.05, 4.69) is 5.32 Å². The topological polar surface area (TPSA) is 92.5 Å². The third-order valence-electron chi connectivity index (χ3n) is 4.41. The minimum atomic E-state index is -3.15. The molecule has 1 amide bonds. The summed E-state index contributed by atoms with van der Waals surface area (Å²) in [5.74, 6) is -0.264. The van der Waals surface area contributed by atoms with E-state index in [1.54, 1.807) is 0 Å². The summed E-state index contributed by atoms with van der Waals surface area (Å²) in [6, 6.07) is 9.49. The summed E-state index contributed by atoms with van der Waals surface area (Å²) in [7, 11) is -3.15. The van der Waals surface area contributed by atoms with Crippen LogP contribution in [0.4, 0.5) is 0 Å². The summed E-state index contributed by atoms with van der Waals surface area (Å²) >= 11 is 0. The molecule has 3 N–H and O–H groups in total. The maximum Gasteiger partial charge on any atom is 0.229 e. The Hall–Kier alpha value is -1.44. The van der Waals surface area contributed by atoms with Gasteiger partial charge in [0.05, 0.1) is 11.7 Å². The Morgan fingerprint density at radius 2 is 1.92 bits per heavy atom. The van der Waals surface area contributed by atoms with Gasteiger partial charge in [-0.2, -0.15) is 0 Å². The number of rotatable bonds is 7. The molecule has 1 atom stereocenters. The van der Waals surface area contributed by atoms with Gasteiger partial charge in [-0.05, 0) is 24.8 Å². The molecule has 1 aromatic rings. The minimum Gasteiger partial charge on any atom is -0.353 e. The molecule has 24 heavy (non-hydrogen) atoms. The van der Waals surface area contributed by atoms with Crippen molar-refractivity contribution in [3.8, 4) is 0 Å². The highest BCUT2D eigenvalue weighted by Crippen LogP contribution is 2.18. The predicted molar refractivity (Wildman–Crippen MR) is 95.1 cm³/mol. The van der Waals surface area contributed by atoms with Crippen molar-refractivity contribution in [1.82, 2.24) is 9.62 Å². The zero-order valence-electron chi connectivity index (χ0n) is 14.1. The number of piperidine rings is 1. The summed E-state index contributed by atoms with van der Waals surface area (Å²) in [5.41, 5.74) is 6.68. The Labute approximate surface area is 144 Å². The van der Waals surface area contributed by atoms with E-state index in [0.29, 0.717) is 32.4 Å². The SMILES string of the molecule is CCCS(=O)(=O)N1CCC(NC(=O)C(CN)c2ccccc2)CC1. The average molecular weight is 353 g/mol. The predicted octanol–water partition coefficient (Wildman–Crippen LogP) is 1.05. The largest absolute Gasteiger partial charge is 0.353 e. The molecule has 1 aliphatic heterocycles. The van der Waals surface area contributed by atoms with E-state index in [4.69, 9.17) is 5.73 Å². The fourth-order valence-electron chi connectivity index (χ4n) is 3.05. The van der Waals surface area contributed by atoms with E-state index in [1.165, 1.54) is 4.31 Å². The van der Waals surface area contributed by atoms with Crippen LogP contribution in [-0.4, -0.2) is 50.1 Å². The van der Waals surface area contributed by atoms with Gasteiger partial charge in [0.15, 0.2) is 0 Å². The summed E-state index contributed by atoms with van der Waals surface area (Å²) in [4.78, 5) is 12.5. The monoisotopic (exact) mass is 353 g/mol. The lowest BCUT2D eigenvalue weighted by Gasteiger charge is -2.32. The Balaban J connectivity index is 1.90. The Bertz CT molecular complexity index is 626. The standard InChI is InChI=1S/C17H27N3O3S/c1-2-12-24(22,23)20-10-8-15(9-11-20)19-17(21)16(13-18)14-6-4-3-5-7-14/h3-7,15-16H,2,8-13,18H2,1H3,(H,19,21). The zero-order valence-corrected chi connectivity index (χ0v) is 15.0. The molecule has 0 radical (unpaired) electrons. The van der Waals surface area contributed by atoms with Gasteiger partial charge < -0.3 is 11.1 Å². The van der Waals surface area contributed by atoms with Crippen LogP contribution in [0.15, 0.2) is 30.3 Å². The first-order valence-corrected chi connectivity index (χ1v) is 10.1. The second-order valence-corrected chi connectivity index (χ2v) is 8.29. The number of nitrogens with one attached hydrogen (secondary N) is 1. The Morgan fingerprint density at radius 1 is 1.29 bits per heavy atom. The van der Waals surface area contributed by atoms with Crippen molar-refractivity contribution in [1.29, 1.82) is 0 Å². The van der Waals surface area contributed by atoms with Crippen LogP contribution in [0.5, 0.6) is 0 Å². The highest BCUT2D eigenvalue weighted by molar-refractivity contribution is 7.89. The lowest BCUT2D eigenvalue weighted by molar-refractivity contribution is -0.123. The van der Waals surface area contributed by atoms with Gasteiger partial charge in [-0.15, -0.1) is 0 Å². The molecule has 134 valence electrons. The van der Waals surface area contributed by atoms with Gasteiger partial charge in [0.25, 0.3) is 0 Å². The van der Waals surface area contributed by atoms with Gasteiger partial charge >= 0.3 is 0 Å². The molecule has 1 aromatic carbocycles. The van der Waals surface area contributed by atoms with Crippen molar-refractivity contribution >= 4 is 15.9 Å². The number of carbonyl (C=O) groups excluding carboxylic acids is 1. The average Bonchev–Trinajstić information content (AvgIpc) is 2.57. The molecule has 1 saturated heterocycles. The van der Waals surface area contributed by atoms with Crippen LogP contribution in [0.25, 0.3) is 0 Å². The molecular weight excluding hydrogens is 326 g/mol. The van der Waals surface area contributed by atoms with Crippen molar-refractivity contribution in [3.05, 3.63) is 35.9 Å². The van der Waals surface area contributed by atoms with Crippen molar-refractivity contribution in [2.24, 2.45) is 5.73 Å². The molecule has 2 rings (SSSR count). The molecule has 1 fully saturated rings. The van der Waals surface area contributed by atoms with Crippen molar-refractivity contribution < 1.29 is 13.2 Å². The van der Waals surface area contributed by atoms with Crippen molar-refractivity contribution in [2.45, 2.75) is 38.1 Å². The van der Waals surface area contributed by atoms with Crippen LogP contribution >= 0.6 is 0 Å². The molecule has 0 aromatic heterocycles. The molecule has 1 aliphatic rings. The summed E-state index contributed by atoms with van der Waals surface area (Å²) in [6.07, 6.45) is 1.90. The van der Waals surface area contributed by atoms with Crippen molar-refractivity contribution in [3.63, 3.8) is 0 Å². The van der Waals surface area contributed by atoms with E-state index in [1.807, 2.05) is 37.3 Å². The van der Waals surface area contributed by atoms with E-state index >= 15 is 0 Å². The fourth-order valence-corrected chi connectivity index (χ4v) is 4.59. The van der Waals surface area contributed by atoms with Gasteiger partial charge in [-0.25, -0.2) is 12.7 Å². The number of hydrogen-bond donors (Lipinski definition) is 2. The number of carbonyl (C=O) groups is 1. The first-order chi connectivity index (χ1) is 11.5. The molecule has 0 bridgehead atoms. The third-order valence-corrected chi connectivity index (χ3v) is 6.49. The smallest absolute Gasteiger partial charge is 0.229 e. The van der Waals surface area contributed by atoms with Crippen LogP contribution in [0.3, 0.4) is 0 Å².